The molecule has 1 heterocycles. The van der Waals surface area contributed by atoms with Crippen LogP contribution < -0.4 is 11.2 Å². The van der Waals surface area contributed by atoms with Crippen LogP contribution in [0.1, 0.15) is 22.5 Å². The molecule has 0 unspecified atom stereocenters. The summed E-state index contributed by atoms with van der Waals surface area (Å²) in [6.45, 7) is 0.322. The van der Waals surface area contributed by atoms with Crippen molar-refractivity contribution in [3.63, 3.8) is 0 Å². The molecular weight excluding hydrogens is 272 g/mol. The molecule has 110 valence electrons. The van der Waals surface area contributed by atoms with E-state index in [0.29, 0.717) is 25.0 Å². The fourth-order valence-corrected chi connectivity index (χ4v) is 1.78. The number of imidazole rings is 1. The van der Waals surface area contributed by atoms with Gasteiger partial charge in [-0.3, -0.25) is 14.2 Å². The van der Waals surface area contributed by atoms with Crippen LogP contribution in [0.25, 0.3) is 0 Å². The minimum atomic E-state index is -0.729. The smallest absolute Gasteiger partial charge is 0.336 e. The summed E-state index contributed by atoms with van der Waals surface area (Å²) in [6.07, 6.45) is 4.47. The van der Waals surface area contributed by atoms with E-state index >= 15 is 0 Å². The maximum absolute atomic E-state index is 12.1. The highest BCUT2D eigenvalue weighted by molar-refractivity contribution is 5.95. The number of nitrogens with one attached hydrogen (secondary N) is 1. The number of benzene rings is 1. The first-order valence-electron chi connectivity index (χ1n) is 6.46. The highest BCUT2D eigenvalue weighted by Crippen LogP contribution is 2.05. The van der Waals surface area contributed by atoms with Gasteiger partial charge in [0.05, 0.1) is 12.3 Å². The van der Waals surface area contributed by atoms with Crippen molar-refractivity contribution < 1.29 is 14.4 Å². The van der Waals surface area contributed by atoms with E-state index in [1.54, 1.807) is 18.3 Å². The van der Waals surface area contributed by atoms with Gasteiger partial charge in [0, 0.05) is 11.8 Å². The van der Waals surface area contributed by atoms with Gasteiger partial charge >= 0.3 is 6.03 Å². The van der Waals surface area contributed by atoms with Crippen LogP contribution in [0.5, 0.6) is 0 Å². The van der Waals surface area contributed by atoms with Crippen molar-refractivity contribution in [2.45, 2.75) is 12.8 Å². The Morgan fingerprint density at radius 1 is 1.29 bits per heavy atom. The molecule has 0 atom stereocenters. The lowest BCUT2D eigenvalue weighted by atomic mass is 10.2. The maximum Gasteiger partial charge on any atom is 0.336 e. The van der Waals surface area contributed by atoms with Crippen LogP contribution in [0.15, 0.2) is 42.9 Å². The molecule has 7 heteroatoms. The van der Waals surface area contributed by atoms with E-state index in [2.05, 4.69) is 4.98 Å². The van der Waals surface area contributed by atoms with Crippen molar-refractivity contribution in [1.29, 1.82) is 0 Å². The molecule has 0 aliphatic heterocycles. The fraction of sp³-hybridized carbons (Fsp3) is 0.214. The van der Waals surface area contributed by atoms with Crippen LogP contribution in [-0.2, 0) is 11.3 Å². The molecule has 3 N–H and O–H groups in total. The number of hydrogen-bond donors (Lipinski definition) is 2. The molecule has 2 amide bonds. The summed E-state index contributed by atoms with van der Waals surface area (Å²) in [4.78, 5) is 31.5. The number of rotatable bonds is 6. The third kappa shape index (κ3) is 4.43. The van der Waals surface area contributed by atoms with E-state index in [9.17, 15) is 9.59 Å². The lowest BCUT2D eigenvalue weighted by molar-refractivity contribution is 0.0628. The molecule has 0 spiro atoms. The average Bonchev–Trinajstić information content (AvgIpc) is 2.95. The predicted molar refractivity (Wildman–Crippen MR) is 75.4 cm³/mol. The number of carbonyl (C=O) groups excluding carboxylic acids is 2. The van der Waals surface area contributed by atoms with Gasteiger partial charge in [0.15, 0.2) is 0 Å². The van der Waals surface area contributed by atoms with Crippen molar-refractivity contribution in [3.05, 3.63) is 54.1 Å². The number of primary amides is 1. The Kier molecular flexibility index (Phi) is 5.05. The van der Waals surface area contributed by atoms with Crippen molar-refractivity contribution >= 4 is 11.9 Å². The lowest BCUT2D eigenvalue weighted by Crippen LogP contribution is -2.29. The van der Waals surface area contributed by atoms with E-state index in [1.807, 2.05) is 23.7 Å². The Hall–Kier alpha value is -2.67. The zero-order valence-corrected chi connectivity index (χ0v) is 11.4. The molecule has 1 aromatic carbocycles. The average molecular weight is 288 g/mol. The molecule has 0 saturated heterocycles. The highest BCUT2D eigenvalue weighted by Gasteiger charge is 2.08. The van der Waals surface area contributed by atoms with E-state index < -0.39 is 6.03 Å². The number of hydrogen-bond acceptors (Lipinski definition) is 4. The minimum absolute atomic E-state index is 0.124. The fourth-order valence-electron chi connectivity index (χ4n) is 1.78. The second-order valence-corrected chi connectivity index (χ2v) is 4.36. The van der Waals surface area contributed by atoms with Crippen molar-refractivity contribution in [1.82, 2.24) is 15.0 Å². The van der Waals surface area contributed by atoms with Gasteiger partial charge in [-0.25, -0.2) is 15.3 Å². The summed E-state index contributed by atoms with van der Waals surface area (Å²) in [7, 11) is 0. The highest BCUT2D eigenvalue weighted by atomic mass is 16.7. The Bertz CT molecular complexity index is 610. The first-order valence-corrected chi connectivity index (χ1v) is 6.46. The first-order chi connectivity index (χ1) is 10.2. The van der Waals surface area contributed by atoms with Crippen molar-refractivity contribution in [3.8, 4) is 0 Å². The molecule has 0 aliphatic rings. The number of amides is 2. The van der Waals surface area contributed by atoms with Crippen LogP contribution in [0.3, 0.4) is 0 Å². The van der Waals surface area contributed by atoms with Gasteiger partial charge in [-0.2, -0.15) is 0 Å². The molecule has 21 heavy (non-hydrogen) atoms. The first kappa shape index (κ1) is 14.7. The quantitative estimate of drug-likeness (QED) is 0.614. The van der Waals surface area contributed by atoms with Crippen molar-refractivity contribution in [2.24, 2.45) is 5.73 Å². The normalized spacial score (nSPS) is 10.3. The zero-order valence-electron chi connectivity index (χ0n) is 11.4. The van der Waals surface area contributed by atoms with Crippen LogP contribution in [0.4, 0.5) is 4.79 Å². The zero-order chi connectivity index (χ0) is 15.1. The SMILES string of the molecule is NC(=O)NOCCCc1cn(C(=O)c2ccccc2)cn1. The second kappa shape index (κ2) is 7.20. The third-order valence-corrected chi connectivity index (χ3v) is 2.74. The number of carbonyl (C=O) groups is 2. The van der Waals surface area contributed by atoms with Gasteiger partial charge in [-0.05, 0) is 25.0 Å². The van der Waals surface area contributed by atoms with Gasteiger partial charge < -0.3 is 5.73 Å². The van der Waals surface area contributed by atoms with Gasteiger partial charge in [-0.1, -0.05) is 18.2 Å². The molecule has 2 rings (SSSR count). The molecule has 0 fully saturated rings. The third-order valence-electron chi connectivity index (χ3n) is 2.74. The summed E-state index contributed by atoms with van der Waals surface area (Å²) in [5, 5.41) is 0. The molecule has 7 nitrogen and oxygen atoms in total. The number of aryl methyl sites for hydroxylation is 1. The predicted octanol–water partition coefficient (Wildman–Crippen LogP) is 1.10. The van der Waals surface area contributed by atoms with E-state index in [-0.39, 0.29) is 5.91 Å². The number of hydroxylamine groups is 1. The Labute approximate surface area is 121 Å². The number of urea groups is 1. The number of nitrogens with two attached hydrogens (primary N) is 1. The Morgan fingerprint density at radius 3 is 2.76 bits per heavy atom. The number of aromatic nitrogens is 2. The summed E-state index contributed by atoms with van der Waals surface area (Å²) in [5.74, 6) is -0.124. The van der Waals surface area contributed by atoms with Gasteiger partial charge in [0.2, 0.25) is 0 Å². The van der Waals surface area contributed by atoms with E-state index in [0.717, 1.165) is 5.69 Å². The monoisotopic (exact) mass is 288 g/mol. The standard InChI is InChI=1S/C14H16N4O3/c15-14(20)17-21-8-4-7-12-9-18(10-16-12)13(19)11-5-2-1-3-6-11/h1-3,5-6,9-10H,4,7-8H2,(H3,15,17,20). The molecule has 2 aromatic rings. The van der Waals surface area contributed by atoms with Crippen LogP contribution in [0.2, 0.25) is 0 Å². The largest absolute Gasteiger partial charge is 0.350 e. The van der Waals surface area contributed by atoms with E-state index in [4.69, 9.17) is 10.6 Å². The van der Waals surface area contributed by atoms with Crippen molar-refractivity contribution in [2.75, 3.05) is 6.61 Å². The maximum atomic E-state index is 12.1. The Balaban J connectivity index is 1.84. The molecular formula is C14H16N4O3. The molecule has 0 radical (unpaired) electrons. The molecule has 0 aliphatic carbocycles. The molecule has 0 bridgehead atoms. The van der Waals surface area contributed by atoms with Gasteiger partial charge in [0.1, 0.15) is 6.33 Å². The van der Waals surface area contributed by atoms with Gasteiger partial charge in [0.25, 0.3) is 5.91 Å². The van der Waals surface area contributed by atoms with E-state index in [1.165, 1.54) is 10.9 Å². The second-order valence-electron chi connectivity index (χ2n) is 4.36. The summed E-state index contributed by atoms with van der Waals surface area (Å²) < 4.78 is 1.45. The van der Waals surface area contributed by atoms with Crippen LogP contribution in [-0.4, -0.2) is 28.1 Å². The minimum Gasteiger partial charge on any atom is -0.350 e. The topological polar surface area (TPSA) is 99.2 Å². The van der Waals surface area contributed by atoms with Crippen LogP contribution >= 0.6 is 0 Å². The molecule has 1 aromatic heterocycles. The number of nitrogens with zero attached hydrogens (tertiary/aromatic N) is 2. The summed E-state index contributed by atoms with van der Waals surface area (Å²) in [6, 6.07) is 8.27. The van der Waals surface area contributed by atoms with Gasteiger partial charge in [-0.15, -0.1) is 0 Å². The van der Waals surface area contributed by atoms with Crippen LogP contribution in [0, 0.1) is 0 Å². The summed E-state index contributed by atoms with van der Waals surface area (Å²) >= 11 is 0. The Morgan fingerprint density at radius 2 is 2.05 bits per heavy atom. The summed E-state index contributed by atoms with van der Waals surface area (Å²) in [5.41, 5.74) is 8.27. The lowest BCUT2D eigenvalue weighted by Gasteiger charge is -2.01. The molecule has 0 saturated carbocycles.